The first kappa shape index (κ1) is 10.5. The highest BCUT2D eigenvalue weighted by atomic mass is 16.3. The van der Waals surface area contributed by atoms with E-state index >= 15 is 0 Å². The first-order chi connectivity index (χ1) is 8.33. The normalized spacial score (nSPS) is 15.8. The summed E-state index contributed by atoms with van der Waals surface area (Å²) in [7, 11) is 0. The SMILES string of the molecule is OC(Cc1ccc2c(c1)CCC2)c1ncn[nH]1. The van der Waals surface area contributed by atoms with Crippen LogP contribution in [-0.4, -0.2) is 20.3 Å². The maximum Gasteiger partial charge on any atom is 0.153 e. The van der Waals surface area contributed by atoms with Gasteiger partial charge < -0.3 is 5.11 Å². The number of benzene rings is 1. The molecule has 0 fully saturated rings. The maximum atomic E-state index is 9.98. The van der Waals surface area contributed by atoms with E-state index in [1.165, 1.54) is 36.7 Å². The molecule has 1 heterocycles. The van der Waals surface area contributed by atoms with Gasteiger partial charge in [0, 0.05) is 6.42 Å². The number of aromatic nitrogens is 3. The molecule has 0 bridgehead atoms. The Bertz CT molecular complexity index is 507. The van der Waals surface area contributed by atoms with Crippen LogP contribution in [-0.2, 0) is 19.3 Å². The van der Waals surface area contributed by atoms with E-state index in [4.69, 9.17) is 0 Å². The van der Waals surface area contributed by atoms with E-state index in [0.29, 0.717) is 12.2 Å². The summed E-state index contributed by atoms with van der Waals surface area (Å²) in [5.74, 6) is 0.533. The zero-order valence-corrected chi connectivity index (χ0v) is 9.56. The molecule has 3 rings (SSSR count). The van der Waals surface area contributed by atoms with E-state index in [2.05, 4.69) is 33.4 Å². The number of hydrogen-bond donors (Lipinski definition) is 2. The van der Waals surface area contributed by atoms with Crippen LogP contribution in [0.2, 0.25) is 0 Å². The molecule has 1 aromatic carbocycles. The molecule has 0 radical (unpaired) electrons. The Morgan fingerprint density at radius 1 is 1.29 bits per heavy atom. The molecule has 1 atom stereocenters. The molecule has 17 heavy (non-hydrogen) atoms. The van der Waals surface area contributed by atoms with Gasteiger partial charge in [-0.3, -0.25) is 5.10 Å². The Hall–Kier alpha value is -1.68. The molecule has 4 heteroatoms. The van der Waals surface area contributed by atoms with Gasteiger partial charge in [0.15, 0.2) is 5.82 Å². The molecule has 0 spiro atoms. The minimum absolute atomic E-state index is 0.533. The lowest BCUT2D eigenvalue weighted by atomic mass is 10.0. The Labute approximate surface area is 99.7 Å². The van der Waals surface area contributed by atoms with Crippen molar-refractivity contribution in [3.63, 3.8) is 0 Å². The van der Waals surface area contributed by atoms with Gasteiger partial charge in [0.1, 0.15) is 12.4 Å². The lowest BCUT2D eigenvalue weighted by molar-refractivity contribution is 0.169. The quantitative estimate of drug-likeness (QED) is 0.839. The van der Waals surface area contributed by atoms with Crippen LogP contribution in [0.1, 0.15) is 35.0 Å². The lowest BCUT2D eigenvalue weighted by Crippen LogP contribution is -2.04. The second-order valence-electron chi connectivity index (χ2n) is 4.55. The van der Waals surface area contributed by atoms with Gasteiger partial charge in [-0.15, -0.1) is 0 Å². The zero-order valence-electron chi connectivity index (χ0n) is 9.56. The fourth-order valence-electron chi connectivity index (χ4n) is 2.45. The molecule has 1 aromatic heterocycles. The van der Waals surface area contributed by atoms with Crippen LogP contribution in [0.3, 0.4) is 0 Å². The summed E-state index contributed by atoms with van der Waals surface area (Å²) in [4.78, 5) is 3.97. The van der Waals surface area contributed by atoms with E-state index in [9.17, 15) is 5.11 Å². The lowest BCUT2D eigenvalue weighted by Gasteiger charge is -2.09. The van der Waals surface area contributed by atoms with E-state index in [0.717, 1.165) is 5.56 Å². The number of nitrogens with one attached hydrogen (secondary N) is 1. The van der Waals surface area contributed by atoms with Gasteiger partial charge in [0.05, 0.1) is 0 Å². The molecule has 0 saturated heterocycles. The maximum absolute atomic E-state index is 9.98. The van der Waals surface area contributed by atoms with Crippen molar-refractivity contribution in [1.82, 2.24) is 15.2 Å². The molecule has 0 amide bonds. The second-order valence-corrected chi connectivity index (χ2v) is 4.55. The third-order valence-corrected chi connectivity index (χ3v) is 3.34. The Morgan fingerprint density at radius 2 is 2.18 bits per heavy atom. The third-order valence-electron chi connectivity index (χ3n) is 3.34. The third kappa shape index (κ3) is 2.08. The van der Waals surface area contributed by atoms with Crippen LogP contribution in [0, 0.1) is 0 Å². The summed E-state index contributed by atoms with van der Waals surface area (Å²) in [5, 5.41) is 16.4. The molecule has 2 N–H and O–H groups in total. The molecule has 1 unspecified atom stereocenters. The van der Waals surface area contributed by atoms with Crippen molar-refractivity contribution in [2.24, 2.45) is 0 Å². The molecule has 0 aliphatic heterocycles. The van der Waals surface area contributed by atoms with Crippen LogP contribution in [0.4, 0.5) is 0 Å². The van der Waals surface area contributed by atoms with Gasteiger partial charge in [-0.1, -0.05) is 18.2 Å². The summed E-state index contributed by atoms with van der Waals surface area (Å²) >= 11 is 0. The Morgan fingerprint density at radius 3 is 3.00 bits per heavy atom. The number of fused-ring (bicyclic) bond motifs is 1. The van der Waals surface area contributed by atoms with Crippen molar-refractivity contribution in [2.75, 3.05) is 0 Å². The van der Waals surface area contributed by atoms with Crippen LogP contribution in [0.5, 0.6) is 0 Å². The number of rotatable bonds is 3. The van der Waals surface area contributed by atoms with Crippen LogP contribution in [0.15, 0.2) is 24.5 Å². The van der Waals surface area contributed by atoms with E-state index < -0.39 is 6.10 Å². The summed E-state index contributed by atoms with van der Waals surface area (Å²) in [6, 6.07) is 6.50. The van der Waals surface area contributed by atoms with Gasteiger partial charge >= 0.3 is 0 Å². The van der Waals surface area contributed by atoms with E-state index in [-0.39, 0.29) is 0 Å². The smallest absolute Gasteiger partial charge is 0.153 e. The number of aliphatic hydroxyl groups is 1. The first-order valence-corrected chi connectivity index (χ1v) is 5.97. The number of H-pyrrole nitrogens is 1. The molecule has 0 saturated carbocycles. The van der Waals surface area contributed by atoms with Crippen LogP contribution in [0.25, 0.3) is 0 Å². The second kappa shape index (κ2) is 4.30. The van der Waals surface area contributed by atoms with Gasteiger partial charge in [-0.2, -0.15) is 5.10 Å². The van der Waals surface area contributed by atoms with Crippen molar-refractivity contribution >= 4 is 0 Å². The molecule has 4 nitrogen and oxygen atoms in total. The summed E-state index contributed by atoms with van der Waals surface area (Å²) in [5.41, 5.74) is 4.06. The van der Waals surface area contributed by atoms with Gasteiger partial charge in [-0.25, -0.2) is 4.98 Å². The van der Waals surface area contributed by atoms with E-state index in [1.54, 1.807) is 0 Å². The molecular formula is C13H15N3O. The molecular weight excluding hydrogens is 214 g/mol. The molecule has 88 valence electrons. The van der Waals surface area contributed by atoms with Gasteiger partial charge in [-0.05, 0) is 36.0 Å². The number of aromatic amines is 1. The largest absolute Gasteiger partial charge is 0.385 e. The highest BCUT2D eigenvalue weighted by molar-refractivity contribution is 5.35. The molecule has 2 aromatic rings. The average molecular weight is 229 g/mol. The van der Waals surface area contributed by atoms with Gasteiger partial charge in [0.2, 0.25) is 0 Å². The fourth-order valence-corrected chi connectivity index (χ4v) is 2.45. The Balaban J connectivity index is 1.77. The minimum Gasteiger partial charge on any atom is -0.385 e. The number of hydrogen-bond acceptors (Lipinski definition) is 3. The number of aliphatic hydroxyl groups excluding tert-OH is 1. The van der Waals surface area contributed by atoms with Crippen LogP contribution >= 0.6 is 0 Å². The van der Waals surface area contributed by atoms with Crippen molar-refractivity contribution in [2.45, 2.75) is 31.8 Å². The standard InChI is InChI=1S/C13H15N3O/c17-12(13-14-8-15-16-13)7-9-4-5-10-2-1-3-11(10)6-9/h4-6,8,12,17H,1-3,7H2,(H,14,15,16). The van der Waals surface area contributed by atoms with Crippen molar-refractivity contribution in [3.05, 3.63) is 47.0 Å². The number of aryl methyl sites for hydroxylation is 2. The monoisotopic (exact) mass is 229 g/mol. The molecule has 1 aliphatic carbocycles. The summed E-state index contributed by atoms with van der Waals surface area (Å²) < 4.78 is 0. The molecule has 1 aliphatic rings. The number of nitrogens with zero attached hydrogens (tertiary/aromatic N) is 2. The highest BCUT2D eigenvalue weighted by Gasteiger charge is 2.14. The summed E-state index contributed by atoms with van der Waals surface area (Å²) in [6.07, 6.45) is 5.02. The predicted molar refractivity (Wildman–Crippen MR) is 63.5 cm³/mol. The van der Waals surface area contributed by atoms with E-state index in [1.807, 2.05) is 0 Å². The van der Waals surface area contributed by atoms with Crippen LogP contribution < -0.4 is 0 Å². The minimum atomic E-state index is -0.600. The predicted octanol–water partition coefficient (Wildman–Crippen LogP) is 1.57. The van der Waals surface area contributed by atoms with Crippen molar-refractivity contribution in [1.29, 1.82) is 0 Å². The van der Waals surface area contributed by atoms with Crippen molar-refractivity contribution < 1.29 is 5.11 Å². The fraction of sp³-hybridized carbons (Fsp3) is 0.385. The zero-order chi connectivity index (χ0) is 11.7. The topological polar surface area (TPSA) is 61.8 Å². The average Bonchev–Trinajstić information content (AvgIpc) is 2.99. The highest BCUT2D eigenvalue weighted by Crippen LogP contribution is 2.24. The van der Waals surface area contributed by atoms with Gasteiger partial charge in [0.25, 0.3) is 0 Å². The van der Waals surface area contributed by atoms with Crippen molar-refractivity contribution in [3.8, 4) is 0 Å². The first-order valence-electron chi connectivity index (χ1n) is 5.97. The Kier molecular flexibility index (Phi) is 2.65. The summed E-state index contributed by atoms with van der Waals surface area (Å²) in [6.45, 7) is 0.